The van der Waals surface area contributed by atoms with Crippen LogP contribution in [0.1, 0.15) is 25.8 Å². The zero-order chi connectivity index (χ0) is 19.7. The van der Waals surface area contributed by atoms with Crippen LogP contribution < -0.4 is 0 Å². The summed E-state index contributed by atoms with van der Waals surface area (Å²) in [5.74, 6) is -2.62. The van der Waals surface area contributed by atoms with Gasteiger partial charge in [-0.2, -0.15) is 0 Å². The van der Waals surface area contributed by atoms with E-state index in [4.69, 9.17) is 9.99 Å². The molecule has 0 aliphatic rings. The first kappa shape index (κ1) is 22.5. The van der Waals surface area contributed by atoms with Gasteiger partial charge in [0.15, 0.2) is 5.78 Å². The SMILES string of the molecule is COC(=O)[C@@H](CC(=O)[C@H](C(C)C)N(OO)OOS)Cc1ccc(F)cc1. The Morgan fingerprint density at radius 1 is 1.27 bits per heavy atom. The smallest absolute Gasteiger partial charge is 0.309 e. The summed E-state index contributed by atoms with van der Waals surface area (Å²) in [6, 6.07) is 4.50. The number of nitrogens with zero attached hydrogens (tertiary/aromatic N) is 1. The van der Waals surface area contributed by atoms with E-state index in [1.54, 1.807) is 13.8 Å². The molecule has 0 heterocycles. The van der Waals surface area contributed by atoms with Crippen molar-refractivity contribution in [2.45, 2.75) is 32.7 Å². The van der Waals surface area contributed by atoms with Crippen LogP contribution in [-0.4, -0.2) is 35.4 Å². The number of methoxy groups -OCH3 is 1. The molecule has 0 saturated heterocycles. The molecule has 1 aromatic carbocycles. The number of benzene rings is 1. The van der Waals surface area contributed by atoms with Crippen LogP contribution in [0.3, 0.4) is 0 Å². The number of Topliss-reactive ketones (excluding diaryl/α,β-unsaturated/α-hetero) is 1. The highest BCUT2D eigenvalue weighted by Crippen LogP contribution is 2.21. The average molecular weight is 391 g/mol. The summed E-state index contributed by atoms with van der Waals surface area (Å²) in [4.78, 5) is 33.2. The van der Waals surface area contributed by atoms with Crippen LogP contribution in [0.4, 0.5) is 4.39 Å². The second-order valence-electron chi connectivity index (χ2n) is 5.93. The largest absolute Gasteiger partial charge is 0.469 e. The van der Waals surface area contributed by atoms with Crippen molar-refractivity contribution in [3.8, 4) is 0 Å². The zero-order valence-corrected chi connectivity index (χ0v) is 15.5. The predicted molar refractivity (Wildman–Crippen MR) is 90.6 cm³/mol. The molecule has 1 N–H and O–H groups in total. The van der Waals surface area contributed by atoms with Gasteiger partial charge in [-0.25, -0.2) is 9.65 Å². The average Bonchev–Trinajstić information content (AvgIpc) is 2.61. The number of ether oxygens (including phenoxy) is 1. The van der Waals surface area contributed by atoms with E-state index < -0.39 is 29.5 Å². The van der Waals surface area contributed by atoms with E-state index in [-0.39, 0.29) is 18.8 Å². The van der Waals surface area contributed by atoms with Gasteiger partial charge >= 0.3 is 5.97 Å². The summed E-state index contributed by atoms with van der Waals surface area (Å²) in [5.41, 5.74) is 0.668. The number of hydrogen-bond acceptors (Lipinski definition) is 9. The standard InChI is InChI=1S/C16H22FNO7S/c1-10(2)15(18(23-21)24-25-26)14(19)9-12(16(20)22-3)8-11-4-6-13(17)7-5-11/h4-7,10,12,15,21,26H,8-9H2,1-3H3/t12-,15+/m1/s1. The molecule has 0 unspecified atom stereocenters. The minimum absolute atomic E-state index is 0.174. The summed E-state index contributed by atoms with van der Waals surface area (Å²) in [5, 5.41) is 9.32. The molecule has 8 nitrogen and oxygen atoms in total. The van der Waals surface area contributed by atoms with Crippen LogP contribution in [-0.2, 0) is 35.1 Å². The molecule has 0 amide bonds. The Kier molecular flexibility index (Phi) is 9.70. The molecule has 26 heavy (non-hydrogen) atoms. The van der Waals surface area contributed by atoms with Gasteiger partial charge in [-0.3, -0.25) is 9.59 Å². The van der Waals surface area contributed by atoms with Gasteiger partial charge in [0.2, 0.25) is 0 Å². The highest BCUT2D eigenvalue weighted by Gasteiger charge is 2.35. The van der Waals surface area contributed by atoms with Crippen molar-refractivity contribution >= 4 is 24.7 Å². The number of esters is 1. The first-order chi connectivity index (χ1) is 12.3. The molecule has 0 aromatic heterocycles. The molecule has 1 rings (SSSR count). The molecule has 2 atom stereocenters. The Labute approximate surface area is 156 Å². The highest BCUT2D eigenvalue weighted by molar-refractivity contribution is 7.74. The molecule has 0 radical (unpaired) electrons. The molecule has 0 fully saturated rings. The van der Waals surface area contributed by atoms with Gasteiger partial charge in [0, 0.05) is 24.6 Å². The summed E-state index contributed by atoms with van der Waals surface area (Å²) in [6.45, 7) is 3.37. The van der Waals surface area contributed by atoms with Crippen molar-refractivity contribution in [2.24, 2.45) is 11.8 Å². The Balaban J connectivity index is 2.95. The van der Waals surface area contributed by atoms with Gasteiger partial charge in [0.1, 0.15) is 11.9 Å². The summed E-state index contributed by atoms with van der Waals surface area (Å²) >= 11 is 3.37. The minimum atomic E-state index is -1.08. The number of hydroxylamine groups is 2. The number of carbonyl (C=O) groups is 2. The van der Waals surface area contributed by atoms with Crippen LogP contribution in [0, 0.1) is 17.7 Å². The Hall–Kier alpha value is -1.56. The van der Waals surface area contributed by atoms with Crippen LogP contribution in [0.2, 0.25) is 0 Å². The number of hydrogen-bond donors (Lipinski definition) is 2. The third kappa shape index (κ3) is 6.63. The maximum Gasteiger partial charge on any atom is 0.309 e. The van der Waals surface area contributed by atoms with Crippen molar-refractivity contribution < 1.29 is 38.3 Å². The number of rotatable bonds is 11. The summed E-state index contributed by atoms with van der Waals surface area (Å²) in [6.07, 6.45) is -0.0455. The van der Waals surface area contributed by atoms with Gasteiger partial charge in [-0.15, -0.1) is 9.32 Å². The van der Waals surface area contributed by atoms with Crippen LogP contribution >= 0.6 is 12.9 Å². The first-order valence-corrected chi connectivity index (χ1v) is 8.14. The number of ketones is 1. The molecule has 0 aliphatic carbocycles. The lowest BCUT2D eigenvalue weighted by Gasteiger charge is -2.27. The van der Waals surface area contributed by atoms with Crippen LogP contribution in [0.5, 0.6) is 0 Å². The quantitative estimate of drug-likeness (QED) is 0.195. The maximum absolute atomic E-state index is 13.0. The minimum Gasteiger partial charge on any atom is -0.469 e. The number of thiol groups is 1. The van der Waals surface area contributed by atoms with E-state index in [2.05, 4.69) is 27.2 Å². The van der Waals surface area contributed by atoms with E-state index in [0.717, 1.165) is 0 Å². The Morgan fingerprint density at radius 3 is 2.35 bits per heavy atom. The first-order valence-electron chi connectivity index (χ1n) is 7.78. The third-order valence-electron chi connectivity index (χ3n) is 3.75. The third-order valence-corrected chi connectivity index (χ3v) is 3.82. The van der Waals surface area contributed by atoms with Crippen LogP contribution in [0.25, 0.3) is 0 Å². The van der Waals surface area contributed by atoms with Gasteiger partial charge in [-0.1, -0.05) is 31.0 Å². The Bertz CT molecular complexity index is 584. The molecule has 146 valence electrons. The van der Waals surface area contributed by atoms with Gasteiger partial charge in [-0.05, 0) is 30.0 Å². The van der Waals surface area contributed by atoms with Crippen molar-refractivity contribution in [3.05, 3.63) is 35.6 Å². The molecule has 0 saturated carbocycles. The molecular weight excluding hydrogens is 369 g/mol. The van der Waals surface area contributed by atoms with Crippen molar-refractivity contribution in [1.29, 1.82) is 0 Å². The van der Waals surface area contributed by atoms with Crippen molar-refractivity contribution in [2.75, 3.05) is 7.11 Å². The summed E-state index contributed by atoms with van der Waals surface area (Å²) in [7, 11) is 1.21. The molecule has 0 spiro atoms. The highest BCUT2D eigenvalue weighted by atomic mass is 32.1. The van der Waals surface area contributed by atoms with E-state index >= 15 is 0 Å². The molecular formula is C16H22FNO7S. The Morgan fingerprint density at radius 2 is 1.88 bits per heavy atom. The monoisotopic (exact) mass is 391 g/mol. The van der Waals surface area contributed by atoms with Gasteiger partial charge < -0.3 is 4.74 Å². The number of carbonyl (C=O) groups excluding carboxylic acids is 2. The van der Waals surface area contributed by atoms with Gasteiger partial charge in [0.05, 0.1) is 13.0 Å². The normalized spacial score (nSPS) is 13.7. The van der Waals surface area contributed by atoms with E-state index in [1.165, 1.54) is 31.4 Å². The van der Waals surface area contributed by atoms with Crippen molar-refractivity contribution in [1.82, 2.24) is 5.23 Å². The number of halogens is 1. The van der Waals surface area contributed by atoms with Crippen molar-refractivity contribution in [3.63, 3.8) is 0 Å². The molecule has 10 heteroatoms. The molecule has 0 aliphatic heterocycles. The lowest BCUT2D eigenvalue weighted by atomic mass is 9.89. The van der Waals surface area contributed by atoms with Crippen LogP contribution in [0.15, 0.2) is 24.3 Å². The predicted octanol–water partition coefficient (Wildman–Crippen LogP) is 2.56. The van der Waals surface area contributed by atoms with E-state index in [9.17, 15) is 14.0 Å². The van der Waals surface area contributed by atoms with E-state index in [1.807, 2.05) is 0 Å². The lowest BCUT2D eigenvalue weighted by Crippen LogP contribution is -2.45. The fourth-order valence-electron chi connectivity index (χ4n) is 2.55. The molecule has 0 bridgehead atoms. The second kappa shape index (κ2) is 11.2. The summed E-state index contributed by atoms with van der Waals surface area (Å²) < 4.78 is 21.9. The fraction of sp³-hybridized carbons (Fsp3) is 0.500. The van der Waals surface area contributed by atoms with Gasteiger partial charge in [0.25, 0.3) is 0 Å². The van der Waals surface area contributed by atoms with E-state index in [0.29, 0.717) is 10.8 Å². The zero-order valence-electron chi connectivity index (χ0n) is 14.6. The lowest BCUT2D eigenvalue weighted by molar-refractivity contribution is -0.577. The molecule has 1 aromatic rings. The second-order valence-corrected chi connectivity index (χ2v) is 6.08. The maximum atomic E-state index is 13.0. The fourth-order valence-corrected chi connectivity index (χ4v) is 2.62. The topological polar surface area (TPSA) is 94.5 Å².